The van der Waals surface area contributed by atoms with Crippen LogP contribution in [0.3, 0.4) is 0 Å². The van der Waals surface area contributed by atoms with Gasteiger partial charge in [-0.05, 0) is 48.9 Å². The molecule has 11 heteroatoms. The molecule has 9 nitrogen and oxygen atoms in total. The molecule has 0 amide bonds. The molecule has 0 atom stereocenters. The molecule has 0 aliphatic heterocycles. The van der Waals surface area contributed by atoms with Gasteiger partial charge in [-0.3, -0.25) is 5.10 Å². The quantitative estimate of drug-likeness (QED) is 0.383. The molecule has 0 aliphatic carbocycles. The van der Waals surface area contributed by atoms with Crippen LogP contribution in [0.5, 0.6) is 5.75 Å². The van der Waals surface area contributed by atoms with E-state index in [2.05, 4.69) is 25.5 Å². The van der Waals surface area contributed by atoms with Gasteiger partial charge in [-0.15, -0.1) is 0 Å². The summed E-state index contributed by atoms with van der Waals surface area (Å²) in [5.74, 6) is 0.542. The summed E-state index contributed by atoms with van der Waals surface area (Å²) < 4.78 is 44.4. The van der Waals surface area contributed by atoms with Crippen LogP contribution in [0.4, 0.5) is 22.0 Å². The molecule has 4 N–H and O–H groups in total. The van der Waals surface area contributed by atoms with Gasteiger partial charge in [-0.2, -0.15) is 10.1 Å². The lowest BCUT2D eigenvalue weighted by atomic mass is 10.1. The van der Waals surface area contributed by atoms with Crippen molar-refractivity contribution >= 4 is 38.3 Å². The molecule has 0 bridgehead atoms. The van der Waals surface area contributed by atoms with E-state index < -0.39 is 15.7 Å². The Hall–Kier alpha value is -3.73. The number of nitrogens with two attached hydrogens (primary N) is 1. The highest BCUT2D eigenvalue weighted by atomic mass is 32.2. The Morgan fingerprint density at radius 3 is 2.72 bits per heavy atom. The first-order valence-electron chi connectivity index (χ1n) is 9.85. The van der Waals surface area contributed by atoms with Gasteiger partial charge in [-0.25, -0.2) is 17.8 Å². The normalized spacial score (nSPS) is 11.6. The number of aromatic amines is 1. The minimum atomic E-state index is -3.50. The lowest BCUT2D eigenvalue weighted by molar-refractivity contribution is 0.339. The van der Waals surface area contributed by atoms with Crippen molar-refractivity contribution < 1.29 is 17.5 Å². The fourth-order valence-corrected chi connectivity index (χ4v) is 4.15. The third-order valence-corrected chi connectivity index (χ3v) is 6.52. The summed E-state index contributed by atoms with van der Waals surface area (Å²) in [6.07, 6.45) is 1.48. The first-order chi connectivity index (χ1) is 15.3. The second kappa shape index (κ2) is 8.42. The van der Waals surface area contributed by atoms with E-state index in [1.165, 1.54) is 30.5 Å². The van der Waals surface area contributed by atoms with Gasteiger partial charge in [0.2, 0.25) is 5.95 Å². The first-order valence-corrected chi connectivity index (χ1v) is 11.5. The molecular formula is C21H21FN6O3S. The molecule has 2 heterocycles. The number of ether oxygens (including phenoxy) is 1. The number of rotatable bonds is 7. The SMILES string of the molecule is CCOc1cc(-c2cnc(N)nc2Nc2n[nH]c3ccc(F)cc23)cc(S(=O)(=O)CC)c1. The summed E-state index contributed by atoms with van der Waals surface area (Å²) in [6.45, 7) is 3.74. The predicted molar refractivity (Wildman–Crippen MR) is 120 cm³/mol. The van der Waals surface area contributed by atoms with E-state index in [0.29, 0.717) is 40.2 Å². The highest BCUT2D eigenvalue weighted by molar-refractivity contribution is 7.91. The molecule has 32 heavy (non-hydrogen) atoms. The number of halogens is 1. The molecule has 2 aromatic carbocycles. The summed E-state index contributed by atoms with van der Waals surface area (Å²) in [7, 11) is -3.50. The molecule has 0 unspecified atom stereocenters. The molecule has 4 rings (SSSR count). The highest BCUT2D eigenvalue weighted by Crippen LogP contribution is 2.34. The Morgan fingerprint density at radius 2 is 1.97 bits per heavy atom. The Kier molecular flexibility index (Phi) is 5.66. The monoisotopic (exact) mass is 456 g/mol. The number of sulfone groups is 1. The van der Waals surface area contributed by atoms with Crippen molar-refractivity contribution in [2.45, 2.75) is 18.7 Å². The largest absolute Gasteiger partial charge is 0.494 e. The van der Waals surface area contributed by atoms with Crippen molar-refractivity contribution in [2.24, 2.45) is 0 Å². The predicted octanol–water partition coefficient (Wildman–Crippen LogP) is 3.68. The molecule has 0 saturated heterocycles. The fraction of sp³-hybridized carbons (Fsp3) is 0.190. The maximum atomic E-state index is 13.8. The summed E-state index contributed by atoms with van der Waals surface area (Å²) in [6, 6.07) is 8.96. The van der Waals surface area contributed by atoms with Gasteiger partial charge >= 0.3 is 0 Å². The van der Waals surface area contributed by atoms with E-state index in [9.17, 15) is 12.8 Å². The van der Waals surface area contributed by atoms with E-state index in [4.69, 9.17) is 10.5 Å². The molecule has 0 aliphatic rings. The number of nitrogens with zero attached hydrogens (tertiary/aromatic N) is 3. The molecule has 2 aromatic heterocycles. The molecule has 166 valence electrons. The number of benzene rings is 2. The summed E-state index contributed by atoms with van der Waals surface area (Å²) >= 11 is 0. The van der Waals surface area contributed by atoms with E-state index in [0.717, 1.165) is 0 Å². The topological polar surface area (TPSA) is 136 Å². The maximum absolute atomic E-state index is 13.8. The van der Waals surface area contributed by atoms with Crippen molar-refractivity contribution in [3.63, 3.8) is 0 Å². The van der Waals surface area contributed by atoms with Crippen LogP contribution < -0.4 is 15.8 Å². The zero-order valence-corrected chi connectivity index (χ0v) is 18.2. The molecule has 0 fully saturated rings. The molecule has 4 aromatic rings. The Morgan fingerprint density at radius 1 is 1.16 bits per heavy atom. The summed E-state index contributed by atoms with van der Waals surface area (Å²) in [5, 5.41) is 10.6. The van der Waals surface area contributed by atoms with Gasteiger partial charge in [0.05, 0.1) is 22.8 Å². The number of H-pyrrole nitrogens is 1. The van der Waals surface area contributed by atoms with Gasteiger partial charge < -0.3 is 15.8 Å². The maximum Gasteiger partial charge on any atom is 0.221 e. The van der Waals surface area contributed by atoms with Crippen LogP contribution in [0, 0.1) is 5.82 Å². The number of anilines is 3. The second-order valence-electron chi connectivity index (χ2n) is 6.91. The third-order valence-electron chi connectivity index (χ3n) is 4.81. The summed E-state index contributed by atoms with van der Waals surface area (Å²) in [4.78, 5) is 8.44. The standard InChI is InChI=1S/C21H21FN6O3S/c1-3-31-14-7-12(8-15(10-14)32(29,30)4-2)17-11-24-21(23)26-19(17)25-20-16-9-13(22)5-6-18(16)27-28-20/h5-11H,3-4H2,1-2H3,(H4,23,24,25,26,27,28). The zero-order valence-electron chi connectivity index (χ0n) is 17.4. The van der Waals surface area contributed by atoms with Gasteiger partial charge in [0.15, 0.2) is 15.7 Å². The Balaban J connectivity index is 1.85. The third kappa shape index (κ3) is 4.19. The van der Waals surface area contributed by atoms with Gasteiger partial charge in [-0.1, -0.05) is 6.92 Å². The van der Waals surface area contributed by atoms with E-state index in [1.807, 2.05) is 6.92 Å². The van der Waals surface area contributed by atoms with Crippen molar-refractivity contribution in [3.05, 3.63) is 48.4 Å². The van der Waals surface area contributed by atoms with Crippen LogP contribution in [-0.2, 0) is 9.84 Å². The van der Waals surface area contributed by atoms with E-state index >= 15 is 0 Å². The van der Waals surface area contributed by atoms with Crippen LogP contribution in [0.25, 0.3) is 22.0 Å². The van der Waals surface area contributed by atoms with Crippen LogP contribution in [-0.4, -0.2) is 40.9 Å². The lowest BCUT2D eigenvalue weighted by Crippen LogP contribution is -2.06. The van der Waals surface area contributed by atoms with Crippen molar-refractivity contribution in [3.8, 4) is 16.9 Å². The fourth-order valence-electron chi connectivity index (χ4n) is 3.22. The number of nitrogen functional groups attached to an aromatic ring is 1. The van der Waals surface area contributed by atoms with Crippen LogP contribution in [0.15, 0.2) is 47.5 Å². The number of hydrogen-bond acceptors (Lipinski definition) is 8. The lowest BCUT2D eigenvalue weighted by Gasteiger charge is -2.13. The Bertz CT molecular complexity index is 1400. The molecular weight excluding hydrogens is 435 g/mol. The first kappa shape index (κ1) is 21.5. The average Bonchev–Trinajstić information content (AvgIpc) is 3.15. The van der Waals surface area contributed by atoms with Gasteiger partial charge in [0, 0.05) is 17.1 Å². The minimum Gasteiger partial charge on any atom is -0.494 e. The highest BCUT2D eigenvalue weighted by Gasteiger charge is 2.18. The number of hydrogen-bond donors (Lipinski definition) is 3. The second-order valence-corrected chi connectivity index (χ2v) is 9.19. The van der Waals surface area contributed by atoms with Crippen molar-refractivity contribution in [2.75, 3.05) is 23.4 Å². The van der Waals surface area contributed by atoms with Crippen LogP contribution >= 0.6 is 0 Å². The van der Waals surface area contributed by atoms with Crippen LogP contribution in [0.1, 0.15) is 13.8 Å². The van der Waals surface area contributed by atoms with E-state index in [-0.39, 0.29) is 22.4 Å². The molecule has 0 spiro atoms. The van der Waals surface area contributed by atoms with Gasteiger partial charge in [0.1, 0.15) is 17.4 Å². The molecule has 0 saturated carbocycles. The van der Waals surface area contributed by atoms with Crippen molar-refractivity contribution in [1.29, 1.82) is 0 Å². The molecule has 0 radical (unpaired) electrons. The Labute approximate surface area is 183 Å². The average molecular weight is 457 g/mol. The van der Waals surface area contributed by atoms with Crippen LogP contribution in [0.2, 0.25) is 0 Å². The van der Waals surface area contributed by atoms with Crippen molar-refractivity contribution in [1.82, 2.24) is 20.2 Å². The number of nitrogens with one attached hydrogen (secondary N) is 2. The zero-order chi connectivity index (χ0) is 22.9. The van der Waals surface area contributed by atoms with E-state index in [1.54, 1.807) is 19.1 Å². The summed E-state index contributed by atoms with van der Waals surface area (Å²) in [5.41, 5.74) is 7.41. The minimum absolute atomic E-state index is 0.00429. The number of aromatic nitrogens is 4. The smallest absolute Gasteiger partial charge is 0.221 e. The van der Waals surface area contributed by atoms with Gasteiger partial charge in [0.25, 0.3) is 0 Å². The number of fused-ring (bicyclic) bond motifs is 1.